The third-order valence-corrected chi connectivity index (χ3v) is 4.58. The second kappa shape index (κ2) is 14.0. The standard InChI is InChI=1S/C24H36N4O5/c1-5-6-14-32-21(29)11-9-7-8-10-20(28-23(31)33-24(2,3)4)22(30)27-19-13-12-17(16-25)15-18(19)26/h12-13,15,20H,5-11,14,26H2,1-4H3,(H,27,30)(H,28,31)/t20-/m0/s1. The van der Waals surface area contributed by atoms with E-state index in [0.29, 0.717) is 50.0 Å². The minimum Gasteiger partial charge on any atom is -0.466 e. The number of carbonyl (C=O) groups excluding carboxylic acids is 3. The van der Waals surface area contributed by atoms with Crippen molar-refractivity contribution in [3.05, 3.63) is 23.8 Å². The van der Waals surface area contributed by atoms with Crippen molar-refractivity contribution in [3.8, 4) is 6.07 Å². The maximum absolute atomic E-state index is 12.9. The minimum absolute atomic E-state index is 0.221. The predicted molar refractivity (Wildman–Crippen MR) is 126 cm³/mol. The summed E-state index contributed by atoms with van der Waals surface area (Å²) in [7, 11) is 0. The molecule has 33 heavy (non-hydrogen) atoms. The van der Waals surface area contributed by atoms with E-state index in [2.05, 4.69) is 10.6 Å². The highest BCUT2D eigenvalue weighted by molar-refractivity contribution is 5.98. The molecule has 0 saturated carbocycles. The molecule has 1 rings (SSSR count). The smallest absolute Gasteiger partial charge is 0.408 e. The van der Waals surface area contributed by atoms with Gasteiger partial charge in [0.05, 0.1) is 29.6 Å². The zero-order valence-corrected chi connectivity index (χ0v) is 20.0. The van der Waals surface area contributed by atoms with Crippen LogP contribution >= 0.6 is 0 Å². The molecule has 0 unspecified atom stereocenters. The molecule has 182 valence electrons. The third-order valence-electron chi connectivity index (χ3n) is 4.58. The van der Waals surface area contributed by atoms with Crippen molar-refractivity contribution in [2.75, 3.05) is 17.7 Å². The van der Waals surface area contributed by atoms with Crippen molar-refractivity contribution in [3.63, 3.8) is 0 Å². The molecule has 0 aliphatic rings. The lowest BCUT2D eigenvalue weighted by atomic mass is 10.1. The van der Waals surface area contributed by atoms with Crippen LogP contribution in [-0.4, -0.2) is 36.2 Å². The van der Waals surface area contributed by atoms with Crippen LogP contribution in [0.3, 0.4) is 0 Å². The van der Waals surface area contributed by atoms with Crippen molar-refractivity contribution in [2.45, 2.75) is 84.3 Å². The largest absolute Gasteiger partial charge is 0.466 e. The monoisotopic (exact) mass is 460 g/mol. The molecule has 0 aliphatic carbocycles. The van der Waals surface area contributed by atoms with Gasteiger partial charge in [0.15, 0.2) is 0 Å². The van der Waals surface area contributed by atoms with Crippen LogP contribution in [-0.2, 0) is 19.1 Å². The van der Waals surface area contributed by atoms with Gasteiger partial charge in [0, 0.05) is 6.42 Å². The van der Waals surface area contributed by atoms with Gasteiger partial charge in [0.2, 0.25) is 5.91 Å². The van der Waals surface area contributed by atoms with E-state index in [1.54, 1.807) is 32.9 Å². The van der Waals surface area contributed by atoms with Crippen molar-refractivity contribution in [2.24, 2.45) is 0 Å². The SMILES string of the molecule is CCCCOC(=O)CCCCC[C@H](NC(=O)OC(C)(C)C)C(=O)Nc1ccc(C#N)cc1N. The van der Waals surface area contributed by atoms with Crippen molar-refractivity contribution in [1.29, 1.82) is 5.26 Å². The number of benzene rings is 1. The van der Waals surface area contributed by atoms with Gasteiger partial charge in [-0.2, -0.15) is 5.26 Å². The molecule has 0 saturated heterocycles. The number of nitrogen functional groups attached to an aromatic ring is 1. The second-order valence-corrected chi connectivity index (χ2v) is 8.78. The average molecular weight is 461 g/mol. The van der Waals surface area contributed by atoms with Gasteiger partial charge >= 0.3 is 12.1 Å². The highest BCUT2D eigenvalue weighted by Crippen LogP contribution is 2.20. The Morgan fingerprint density at radius 3 is 2.48 bits per heavy atom. The fraction of sp³-hybridized carbons (Fsp3) is 0.583. The number of esters is 1. The molecule has 1 aromatic rings. The number of hydrogen-bond donors (Lipinski definition) is 3. The fourth-order valence-corrected chi connectivity index (χ4v) is 2.88. The number of nitrogens with one attached hydrogen (secondary N) is 2. The number of anilines is 2. The summed E-state index contributed by atoms with van der Waals surface area (Å²) in [6.07, 6.45) is 3.73. The number of nitrogens with two attached hydrogens (primary N) is 1. The normalized spacial score (nSPS) is 11.7. The fourth-order valence-electron chi connectivity index (χ4n) is 2.88. The molecule has 9 heteroatoms. The highest BCUT2D eigenvalue weighted by atomic mass is 16.6. The lowest BCUT2D eigenvalue weighted by Crippen LogP contribution is -2.45. The Hall–Kier alpha value is -3.28. The lowest BCUT2D eigenvalue weighted by molar-refractivity contribution is -0.143. The van der Waals surface area contributed by atoms with Gasteiger partial charge in [-0.15, -0.1) is 0 Å². The van der Waals surface area contributed by atoms with Crippen LogP contribution in [0.15, 0.2) is 18.2 Å². The van der Waals surface area contributed by atoms with Gasteiger partial charge in [-0.1, -0.05) is 26.2 Å². The van der Waals surface area contributed by atoms with Gasteiger partial charge in [0.1, 0.15) is 11.6 Å². The molecule has 0 fully saturated rings. The van der Waals surface area contributed by atoms with E-state index in [1.807, 2.05) is 13.0 Å². The first-order valence-electron chi connectivity index (χ1n) is 11.3. The first-order chi connectivity index (χ1) is 15.6. The van der Waals surface area contributed by atoms with E-state index in [9.17, 15) is 14.4 Å². The first-order valence-corrected chi connectivity index (χ1v) is 11.3. The van der Waals surface area contributed by atoms with Crippen LogP contribution in [0.1, 0.15) is 78.2 Å². The van der Waals surface area contributed by atoms with Crippen LogP contribution in [0.2, 0.25) is 0 Å². The Balaban J connectivity index is 2.67. The number of ether oxygens (including phenoxy) is 2. The topological polar surface area (TPSA) is 144 Å². The molecule has 0 aliphatic heterocycles. The molecule has 0 heterocycles. The Kier molecular flexibility index (Phi) is 11.8. The van der Waals surface area contributed by atoms with Gasteiger partial charge in [-0.25, -0.2) is 4.79 Å². The number of nitrogens with zero attached hydrogens (tertiary/aromatic N) is 1. The van der Waals surface area contributed by atoms with Crippen LogP contribution < -0.4 is 16.4 Å². The quantitative estimate of drug-likeness (QED) is 0.240. The van der Waals surface area contributed by atoms with E-state index in [-0.39, 0.29) is 11.7 Å². The van der Waals surface area contributed by atoms with Crippen LogP contribution in [0.25, 0.3) is 0 Å². The van der Waals surface area contributed by atoms with Gasteiger partial charge in [0.25, 0.3) is 0 Å². The molecule has 1 aromatic carbocycles. The molecule has 1 atom stereocenters. The minimum atomic E-state index is -0.855. The maximum atomic E-state index is 12.9. The Labute approximate surface area is 196 Å². The predicted octanol–water partition coefficient (Wildman–Crippen LogP) is 4.27. The number of amides is 2. The molecule has 0 spiro atoms. The summed E-state index contributed by atoms with van der Waals surface area (Å²) in [5, 5.41) is 14.3. The summed E-state index contributed by atoms with van der Waals surface area (Å²) in [4.78, 5) is 36.8. The van der Waals surface area contributed by atoms with E-state index in [0.717, 1.165) is 12.8 Å². The van der Waals surface area contributed by atoms with Crippen molar-refractivity contribution >= 4 is 29.3 Å². The van der Waals surface area contributed by atoms with Crippen LogP contribution in [0.5, 0.6) is 0 Å². The first kappa shape index (κ1) is 27.8. The molecule has 0 radical (unpaired) electrons. The van der Waals surface area contributed by atoms with Crippen molar-refractivity contribution < 1.29 is 23.9 Å². The van der Waals surface area contributed by atoms with Crippen molar-refractivity contribution in [1.82, 2.24) is 5.32 Å². The molecule has 0 bridgehead atoms. The zero-order chi connectivity index (χ0) is 24.9. The van der Waals surface area contributed by atoms with Crippen LogP contribution in [0, 0.1) is 11.3 Å². The van der Waals surface area contributed by atoms with Crippen LogP contribution in [0.4, 0.5) is 16.2 Å². The Morgan fingerprint density at radius 2 is 1.88 bits per heavy atom. The number of nitriles is 1. The number of carbonyl (C=O) groups is 3. The average Bonchev–Trinajstić information content (AvgIpc) is 2.72. The number of hydrogen-bond acceptors (Lipinski definition) is 7. The molecule has 4 N–H and O–H groups in total. The Morgan fingerprint density at radius 1 is 1.15 bits per heavy atom. The van der Waals surface area contributed by atoms with Gasteiger partial charge < -0.3 is 25.8 Å². The molecular formula is C24H36N4O5. The molecule has 9 nitrogen and oxygen atoms in total. The summed E-state index contributed by atoms with van der Waals surface area (Å²) >= 11 is 0. The zero-order valence-electron chi connectivity index (χ0n) is 20.0. The van der Waals surface area contributed by atoms with Gasteiger partial charge in [-0.05, 0) is 58.2 Å². The number of alkyl carbamates (subject to hydrolysis) is 1. The van der Waals surface area contributed by atoms with E-state index < -0.39 is 23.6 Å². The highest BCUT2D eigenvalue weighted by Gasteiger charge is 2.24. The number of rotatable bonds is 12. The van der Waals surface area contributed by atoms with E-state index >= 15 is 0 Å². The van der Waals surface area contributed by atoms with E-state index in [1.165, 1.54) is 6.07 Å². The number of unbranched alkanes of at least 4 members (excludes halogenated alkanes) is 3. The van der Waals surface area contributed by atoms with E-state index in [4.69, 9.17) is 20.5 Å². The summed E-state index contributed by atoms with van der Waals surface area (Å²) < 4.78 is 10.4. The lowest BCUT2D eigenvalue weighted by Gasteiger charge is -2.23. The maximum Gasteiger partial charge on any atom is 0.408 e. The Bertz CT molecular complexity index is 842. The van der Waals surface area contributed by atoms with Gasteiger partial charge in [-0.3, -0.25) is 9.59 Å². The summed E-state index contributed by atoms with van der Waals surface area (Å²) in [6.45, 7) is 7.67. The molecule has 2 amide bonds. The third kappa shape index (κ3) is 11.8. The summed E-state index contributed by atoms with van der Waals surface area (Å²) in [5.41, 5.74) is 6.19. The molecule has 0 aromatic heterocycles. The summed E-state index contributed by atoms with van der Waals surface area (Å²) in [6, 6.07) is 5.68. The summed E-state index contributed by atoms with van der Waals surface area (Å²) in [5.74, 6) is -0.669. The second-order valence-electron chi connectivity index (χ2n) is 8.78. The molecular weight excluding hydrogens is 424 g/mol.